The minimum Gasteiger partial charge on any atom is -0.462 e. The zero-order valence-corrected chi connectivity index (χ0v) is 16.6. The quantitative estimate of drug-likeness (QED) is 0.425. The third-order valence-electron chi connectivity index (χ3n) is 8.32. The molecule has 0 unspecified atom stereocenters. The van der Waals surface area contributed by atoms with Crippen molar-refractivity contribution in [3.8, 4) is 0 Å². The SMILES string of the molecule is C=C[C@]1(C)C[C@H]2CC[C@@]34O[C@@]3(C=CC(=O)C4(C)C)[C@]2(C)[C@@H](OC(C)=O)C1. The number of carbonyl (C=O) groups is 2. The average Bonchev–Trinajstić information content (AvgIpc) is 3.26. The van der Waals surface area contributed by atoms with E-state index < -0.39 is 16.6 Å². The normalized spacial score (nSPS) is 50.9. The summed E-state index contributed by atoms with van der Waals surface area (Å²) in [5, 5.41) is 0. The Kier molecular flexibility index (Phi) is 3.38. The second-order valence-corrected chi connectivity index (χ2v) is 9.87. The van der Waals surface area contributed by atoms with Gasteiger partial charge in [-0.3, -0.25) is 9.59 Å². The van der Waals surface area contributed by atoms with E-state index in [2.05, 4.69) is 20.4 Å². The molecule has 2 saturated carbocycles. The van der Waals surface area contributed by atoms with Gasteiger partial charge in [-0.1, -0.05) is 19.9 Å². The number of allylic oxidation sites excluding steroid dienone is 2. The summed E-state index contributed by atoms with van der Waals surface area (Å²) in [6.07, 6.45) is 9.05. The summed E-state index contributed by atoms with van der Waals surface area (Å²) >= 11 is 0. The Hall–Kier alpha value is -1.42. The van der Waals surface area contributed by atoms with Crippen LogP contribution >= 0.6 is 0 Å². The van der Waals surface area contributed by atoms with Crippen LogP contribution in [0.3, 0.4) is 0 Å². The van der Waals surface area contributed by atoms with Crippen LogP contribution in [0.1, 0.15) is 60.3 Å². The standard InChI is InChI=1S/C22H30O4/c1-7-19(5)12-15-8-10-21-18(3,4)16(24)9-11-22(21,26-21)20(15,6)17(13-19)25-14(2)23/h7,9,11,15,17H,1,8,10,12-13H2,2-6H3/t15-,17+,19-,20+,21+,22+/m1/s1. The van der Waals surface area contributed by atoms with E-state index >= 15 is 0 Å². The molecule has 6 atom stereocenters. The number of hydrogen-bond acceptors (Lipinski definition) is 4. The van der Waals surface area contributed by atoms with E-state index in [4.69, 9.17) is 9.47 Å². The fourth-order valence-corrected chi connectivity index (χ4v) is 6.49. The summed E-state index contributed by atoms with van der Waals surface area (Å²) in [6, 6.07) is 0. The predicted octanol–water partition coefficient (Wildman–Crippen LogP) is 3.99. The molecule has 26 heavy (non-hydrogen) atoms. The minimum absolute atomic E-state index is 0.0560. The van der Waals surface area contributed by atoms with Crippen LogP contribution in [0.15, 0.2) is 24.8 Å². The number of fused-ring (bicyclic) bond motifs is 1. The molecule has 0 spiro atoms. The van der Waals surface area contributed by atoms with Gasteiger partial charge in [0, 0.05) is 12.3 Å². The molecule has 1 saturated heterocycles. The van der Waals surface area contributed by atoms with E-state index in [9.17, 15) is 9.59 Å². The monoisotopic (exact) mass is 358 g/mol. The van der Waals surface area contributed by atoms with Crippen molar-refractivity contribution in [3.63, 3.8) is 0 Å². The van der Waals surface area contributed by atoms with Crippen molar-refractivity contribution in [2.75, 3.05) is 0 Å². The maximum Gasteiger partial charge on any atom is 0.302 e. The summed E-state index contributed by atoms with van der Waals surface area (Å²) in [4.78, 5) is 24.5. The second-order valence-electron chi connectivity index (χ2n) is 9.87. The van der Waals surface area contributed by atoms with Gasteiger partial charge in [0.05, 0.1) is 5.41 Å². The van der Waals surface area contributed by atoms with E-state index in [1.54, 1.807) is 6.08 Å². The molecule has 0 aromatic rings. The number of esters is 1. The van der Waals surface area contributed by atoms with Crippen molar-refractivity contribution in [1.29, 1.82) is 0 Å². The molecule has 3 aliphatic carbocycles. The van der Waals surface area contributed by atoms with E-state index in [1.165, 1.54) is 6.92 Å². The minimum atomic E-state index is -0.560. The molecule has 0 N–H and O–H groups in total. The first-order valence-corrected chi connectivity index (χ1v) is 9.73. The van der Waals surface area contributed by atoms with Gasteiger partial charge in [-0.25, -0.2) is 0 Å². The molecular formula is C22H30O4. The lowest BCUT2D eigenvalue weighted by Crippen LogP contribution is -2.64. The molecule has 4 aliphatic rings. The largest absolute Gasteiger partial charge is 0.462 e. The van der Waals surface area contributed by atoms with Gasteiger partial charge in [0.25, 0.3) is 0 Å². The van der Waals surface area contributed by atoms with Crippen LogP contribution < -0.4 is 0 Å². The van der Waals surface area contributed by atoms with E-state index in [0.717, 1.165) is 25.7 Å². The Morgan fingerprint density at radius 3 is 2.62 bits per heavy atom. The van der Waals surface area contributed by atoms with Gasteiger partial charge < -0.3 is 9.47 Å². The van der Waals surface area contributed by atoms with Crippen molar-refractivity contribution in [1.82, 2.24) is 0 Å². The number of rotatable bonds is 2. The maximum absolute atomic E-state index is 12.6. The predicted molar refractivity (Wildman–Crippen MR) is 98.4 cm³/mol. The van der Waals surface area contributed by atoms with Gasteiger partial charge in [-0.2, -0.15) is 0 Å². The first-order chi connectivity index (χ1) is 12.0. The van der Waals surface area contributed by atoms with Crippen LogP contribution in [-0.2, 0) is 19.1 Å². The highest BCUT2D eigenvalue weighted by atomic mass is 16.6. The number of ether oxygens (including phenoxy) is 2. The molecule has 4 nitrogen and oxygen atoms in total. The third kappa shape index (κ3) is 1.79. The highest BCUT2D eigenvalue weighted by Gasteiger charge is 2.87. The Morgan fingerprint density at radius 2 is 2.00 bits per heavy atom. The Bertz CT molecular complexity index is 736. The van der Waals surface area contributed by atoms with Gasteiger partial charge in [0.1, 0.15) is 17.3 Å². The van der Waals surface area contributed by atoms with E-state index in [0.29, 0.717) is 5.92 Å². The van der Waals surface area contributed by atoms with Crippen molar-refractivity contribution in [2.24, 2.45) is 22.2 Å². The van der Waals surface area contributed by atoms with Crippen molar-refractivity contribution in [3.05, 3.63) is 24.8 Å². The summed E-state index contributed by atoms with van der Waals surface area (Å²) in [5.41, 5.74) is -1.95. The van der Waals surface area contributed by atoms with Crippen LogP contribution in [0, 0.1) is 22.2 Å². The first kappa shape index (κ1) is 18.0. The van der Waals surface area contributed by atoms with E-state index in [-0.39, 0.29) is 28.7 Å². The van der Waals surface area contributed by atoms with Gasteiger partial charge in [0.15, 0.2) is 5.78 Å². The maximum atomic E-state index is 12.6. The fraction of sp³-hybridized carbons (Fsp3) is 0.727. The van der Waals surface area contributed by atoms with Crippen LogP contribution in [0.5, 0.6) is 0 Å². The number of epoxide rings is 1. The lowest BCUT2D eigenvalue weighted by molar-refractivity contribution is -0.176. The average molecular weight is 358 g/mol. The van der Waals surface area contributed by atoms with Gasteiger partial charge in [-0.05, 0) is 63.0 Å². The molecule has 1 aliphatic heterocycles. The van der Waals surface area contributed by atoms with Crippen LogP contribution in [0.2, 0.25) is 0 Å². The van der Waals surface area contributed by atoms with Crippen molar-refractivity contribution >= 4 is 11.8 Å². The summed E-state index contributed by atoms with van der Waals surface area (Å²) in [7, 11) is 0. The molecule has 0 aromatic heterocycles. The van der Waals surface area contributed by atoms with Gasteiger partial charge in [0.2, 0.25) is 0 Å². The van der Waals surface area contributed by atoms with E-state index in [1.807, 2.05) is 26.0 Å². The summed E-state index contributed by atoms with van der Waals surface area (Å²) in [6.45, 7) is 13.9. The molecule has 4 rings (SSSR count). The molecular weight excluding hydrogens is 328 g/mol. The van der Waals surface area contributed by atoms with Gasteiger partial charge >= 0.3 is 5.97 Å². The molecule has 0 bridgehead atoms. The molecule has 4 heteroatoms. The zero-order valence-electron chi connectivity index (χ0n) is 16.6. The van der Waals surface area contributed by atoms with Crippen LogP contribution in [-0.4, -0.2) is 29.1 Å². The fourth-order valence-electron chi connectivity index (χ4n) is 6.49. The number of carbonyl (C=O) groups excluding carboxylic acids is 2. The van der Waals surface area contributed by atoms with Gasteiger partial charge in [-0.15, -0.1) is 6.58 Å². The third-order valence-corrected chi connectivity index (χ3v) is 8.32. The lowest BCUT2D eigenvalue weighted by atomic mass is 9.44. The lowest BCUT2D eigenvalue weighted by Gasteiger charge is -2.58. The smallest absolute Gasteiger partial charge is 0.302 e. The first-order valence-electron chi connectivity index (χ1n) is 9.73. The molecule has 0 aromatic carbocycles. The topological polar surface area (TPSA) is 55.9 Å². The molecule has 0 amide bonds. The molecule has 142 valence electrons. The Labute approximate surface area is 156 Å². The molecule has 1 heterocycles. The van der Waals surface area contributed by atoms with Crippen LogP contribution in [0.4, 0.5) is 0 Å². The van der Waals surface area contributed by atoms with Crippen molar-refractivity contribution < 1.29 is 19.1 Å². The highest BCUT2D eigenvalue weighted by Crippen LogP contribution is 2.78. The zero-order chi connectivity index (χ0) is 19.2. The number of hydrogen-bond donors (Lipinski definition) is 0. The van der Waals surface area contributed by atoms with Crippen molar-refractivity contribution in [2.45, 2.75) is 77.6 Å². The summed E-state index contributed by atoms with van der Waals surface area (Å²) in [5.74, 6) is 0.225. The van der Waals surface area contributed by atoms with Crippen LogP contribution in [0.25, 0.3) is 0 Å². The second kappa shape index (κ2) is 4.89. The summed E-state index contributed by atoms with van der Waals surface area (Å²) < 4.78 is 12.5. The Morgan fingerprint density at radius 1 is 1.31 bits per heavy atom. The Balaban J connectivity index is 1.85. The molecule has 3 fully saturated rings. The molecule has 0 radical (unpaired) electrons. The number of ketones is 1. The highest BCUT2D eigenvalue weighted by molar-refractivity contribution is 5.98.